The number of piperazine rings is 1. The number of ether oxygens (including phenoxy) is 1. The summed E-state index contributed by atoms with van der Waals surface area (Å²) in [4.78, 5) is 22.3. The molecule has 2 aromatic carbocycles. The average molecular weight is 583 g/mol. The van der Waals surface area contributed by atoms with Gasteiger partial charge in [-0.3, -0.25) is 24.3 Å². The SMILES string of the molecule is CCOc1cc2nc(CC)c(C#N)c(Nc3ccc4c(cnn4C)c3)c2cc1NC(=O)/C=C/CN1CCN(CCO)CC1. The maximum Gasteiger partial charge on any atom is 0.248 e. The fourth-order valence-electron chi connectivity index (χ4n) is 5.43. The van der Waals surface area contributed by atoms with Crippen LogP contribution < -0.4 is 15.4 Å². The molecule has 11 nitrogen and oxygen atoms in total. The third-order valence-electron chi connectivity index (χ3n) is 7.70. The van der Waals surface area contributed by atoms with Gasteiger partial charge in [-0.15, -0.1) is 0 Å². The normalized spacial score (nSPS) is 14.4. The van der Waals surface area contributed by atoms with Gasteiger partial charge in [0.2, 0.25) is 5.91 Å². The highest BCUT2D eigenvalue weighted by atomic mass is 16.5. The predicted octanol–water partition coefficient (Wildman–Crippen LogP) is 3.80. The van der Waals surface area contributed by atoms with E-state index >= 15 is 0 Å². The molecule has 3 N–H and O–H groups in total. The van der Waals surface area contributed by atoms with Gasteiger partial charge in [-0.25, -0.2) is 0 Å². The number of rotatable bonds is 11. The zero-order valence-corrected chi connectivity index (χ0v) is 24.9. The minimum Gasteiger partial charge on any atom is -0.492 e. The first-order chi connectivity index (χ1) is 20.9. The van der Waals surface area contributed by atoms with Gasteiger partial charge in [-0.05, 0) is 37.6 Å². The van der Waals surface area contributed by atoms with E-state index in [-0.39, 0.29) is 12.5 Å². The Balaban J connectivity index is 1.43. The van der Waals surface area contributed by atoms with E-state index in [1.54, 1.807) is 12.3 Å². The number of aliphatic hydroxyl groups is 1. The van der Waals surface area contributed by atoms with Gasteiger partial charge in [0.1, 0.15) is 11.8 Å². The van der Waals surface area contributed by atoms with Crippen LogP contribution in [0.3, 0.4) is 0 Å². The summed E-state index contributed by atoms with van der Waals surface area (Å²) in [6, 6.07) is 11.9. The second-order valence-electron chi connectivity index (χ2n) is 10.5. The lowest BCUT2D eigenvalue weighted by Crippen LogP contribution is -2.47. The standard InChI is InChI=1S/C32H38N8O3/c1-4-26-25(20-33)32(35-23-8-9-29-22(17-23)21-34-38(29)3)24-18-28(30(43-5-2)19-27(24)36-26)37-31(42)7-6-10-39-11-13-40(14-12-39)15-16-41/h6-9,17-19,21,41H,4-5,10-16H2,1-3H3,(H,35,36)(H,37,42)/b7-6+. The van der Waals surface area contributed by atoms with Crippen LogP contribution in [-0.4, -0.2) is 88.1 Å². The molecule has 3 heterocycles. The van der Waals surface area contributed by atoms with Crippen molar-refractivity contribution in [2.75, 3.05) is 63.1 Å². The average Bonchev–Trinajstić information content (AvgIpc) is 3.38. The number of β-amino-alcohol motifs (C(OH)–C–C–N with tert-alkyl or cyclic N) is 1. The van der Waals surface area contributed by atoms with Crippen LogP contribution in [0.4, 0.5) is 17.1 Å². The number of hydrogen-bond acceptors (Lipinski definition) is 9. The number of aromatic nitrogens is 3. The van der Waals surface area contributed by atoms with Gasteiger partial charge in [0.25, 0.3) is 0 Å². The Hall–Kier alpha value is -4.50. The summed E-state index contributed by atoms with van der Waals surface area (Å²) in [6.07, 6.45) is 5.80. The van der Waals surface area contributed by atoms with Crippen LogP contribution in [0.2, 0.25) is 0 Å². The largest absolute Gasteiger partial charge is 0.492 e. The van der Waals surface area contributed by atoms with Gasteiger partial charge in [0.05, 0.1) is 53.1 Å². The maximum atomic E-state index is 13.0. The van der Waals surface area contributed by atoms with E-state index in [2.05, 4.69) is 31.6 Å². The van der Waals surface area contributed by atoms with Crippen molar-refractivity contribution in [3.63, 3.8) is 0 Å². The van der Waals surface area contributed by atoms with Crippen LogP contribution in [0.5, 0.6) is 5.75 Å². The maximum absolute atomic E-state index is 13.0. The highest BCUT2D eigenvalue weighted by Gasteiger charge is 2.19. The smallest absolute Gasteiger partial charge is 0.248 e. The molecule has 224 valence electrons. The first-order valence-electron chi connectivity index (χ1n) is 14.7. The molecule has 0 bridgehead atoms. The molecule has 1 amide bonds. The van der Waals surface area contributed by atoms with Crippen LogP contribution in [-0.2, 0) is 18.3 Å². The molecule has 0 saturated carbocycles. The lowest BCUT2D eigenvalue weighted by molar-refractivity contribution is -0.111. The summed E-state index contributed by atoms with van der Waals surface area (Å²) < 4.78 is 7.72. The number of carbonyl (C=O) groups excluding carboxylic acids is 1. The molecule has 1 aliphatic heterocycles. The highest BCUT2D eigenvalue weighted by molar-refractivity contribution is 6.05. The number of fused-ring (bicyclic) bond motifs is 2. The quantitative estimate of drug-likeness (QED) is 0.226. The number of amides is 1. The van der Waals surface area contributed by atoms with Crippen LogP contribution in [0.25, 0.3) is 21.8 Å². The van der Waals surface area contributed by atoms with E-state index in [9.17, 15) is 10.1 Å². The Labute approximate surface area is 251 Å². The van der Waals surface area contributed by atoms with E-state index in [4.69, 9.17) is 14.8 Å². The lowest BCUT2D eigenvalue weighted by Gasteiger charge is -2.33. The highest BCUT2D eigenvalue weighted by Crippen LogP contribution is 2.38. The molecule has 1 saturated heterocycles. The Morgan fingerprint density at radius 3 is 2.67 bits per heavy atom. The zero-order valence-electron chi connectivity index (χ0n) is 24.9. The molecule has 0 spiro atoms. The van der Waals surface area contributed by atoms with Crippen molar-refractivity contribution < 1.29 is 14.6 Å². The van der Waals surface area contributed by atoms with Gasteiger partial charge in [-0.1, -0.05) is 13.0 Å². The van der Waals surface area contributed by atoms with Gasteiger partial charge < -0.3 is 20.5 Å². The van der Waals surface area contributed by atoms with Crippen LogP contribution in [0, 0.1) is 11.3 Å². The fraction of sp³-hybridized carbons (Fsp3) is 0.375. The minimum absolute atomic E-state index is 0.172. The number of hydrogen-bond donors (Lipinski definition) is 3. The minimum atomic E-state index is -0.269. The third kappa shape index (κ3) is 6.78. The summed E-state index contributed by atoms with van der Waals surface area (Å²) in [6.45, 7) is 9.40. The number of anilines is 3. The molecule has 1 aliphatic rings. The molecule has 43 heavy (non-hydrogen) atoms. The first kappa shape index (κ1) is 30.0. The van der Waals surface area contributed by atoms with Gasteiger partial charge in [0, 0.05) is 74.9 Å². The molecular weight excluding hydrogens is 544 g/mol. The van der Waals surface area contributed by atoms with Crippen LogP contribution in [0.15, 0.2) is 48.7 Å². The van der Waals surface area contributed by atoms with E-state index in [0.717, 1.165) is 42.8 Å². The predicted molar refractivity (Wildman–Crippen MR) is 169 cm³/mol. The van der Waals surface area contributed by atoms with Gasteiger partial charge in [0.15, 0.2) is 0 Å². The van der Waals surface area contributed by atoms with Gasteiger partial charge in [-0.2, -0.15) is 10.4 Å². The number of nitrogens with zero attached hydrogens (tertiary/aromatic N) is 6. The third-order valence-corrected chi connectivity index (χ3v) is 7.70. The molecule has 0 unspecified atom stereocenters. The summed E-state index contributed by atoms with van der Waals surface area (Å²) in [5, 5.41) is 31.8. The van der Waals surface area contributed by atoms with Crippen molar-refractivity contribution in [1.29, 1.82) is 5.26 Å². The Bertz CT molecular complexity index is 1680. The molecule has 0 aliphatic carbocycles. The number of nitriles is 1. The molecule has 11 heteroatoms. The lowest BCUT2D eigenvalue weighted by atomic mass is 10.0. The summed E-state index contributed by atoms with van der Waals surface area (Å²) >= 11 is 0. The van der Waals surface area contributed by atoms with Crippen molar-refractivity contribution in [1.82, 2.24) is 24.6 Å². The van der Waals surface area contributed by atoms with Crippen molar-refractivity contribution in [3.8, 4) is 11.8 Å². The molecule has 1 fully saturated rings. The number of aryl methyl sites for hydroxylation is 2. The van der Waals surface area contributed by atoms with E-state index in [1.165, 1.54) is 0 Å². The number of benzene rings is 2. The van der Waals surface area contributed by atoms with E-state index < -0.39 is 0 Å². The Morgan fingerprint density at radius 2 is 1.95 bits per heavy atom. The summed E-state index contributed by atoms with van der Waals surface area (Å²) in [5.74, 6) is 0.244. The van der Waals surface area contributed by atoms with Crippen molar-refractivity contribution >= 4 is 44.8 Å². The van der Waals surface area contributed by atoms with E-state index in [0.29, 0.717) is 65.4 Å². The first-order valence-corrected chi connectivity index (χ1v) is 14.7. The van der Waals surface area contributed by atoms with Crippen LogP contribution in [0.1, 0.15) is 25.1 Å². The zero-order chi connectivity index (χ0) is 30.3. The van der Waals surface area contributed by atoms with Crippen LogP contribution >= 0.6 is 0 Å². The van der Waals surface area contributed by atoms with Crippen molar-refractivity contribution in [3.05, 3.63) is 59.9 Å². The molecule has 0 atom stereocenters. The second kappa shape index (κ2) is 13.6. The van der Waals surface area contributed by atoms with Crippen molar-refractivity contribution in [2.45, 2.75) is 20.3 Å². The van der Waals surface area contributed by atoms with Gasteiger partial charge >= 0.3 is 0 Å². The number of carbonyl (C=O) groups is 1. The topological polar surface area (TPSA) is 132 Å². The Morgan fingerprint density at radius 1 is 1.16 bits per heavy atom. The Kier molecular flexibility index (Phi) is 9.51. The number of pyridine rings is 1. The van der Waals surface area contributed by atoms with Crippen molar-refractivity contribution in [2.24, 2.45) is 7.05 Å². The summed E-state index contributed by atoms with van der Waals surface area (Å²) in [7, 11) is 1.90. The molecule has 0 radical (unpaired) electrons. The molecule has 4 aromatic rings. The number of aliphatic hydroxyl groups excluding tert-OH is 1. The summed E-state index contributed by atoms with van der Waals surface area (Å²) in [5.41, 5.74) is 4.75. The number of nitrogens with one attached hydrogen (secondary N) is 2. The molecular formula is C32H38N8O3. The monoisotopic (exact) mass is 582 g/mol. The second-order valence-corrected chi connectivity index (χ2v) is 10.5. The van der Waals surface area contributed by atoms with E-state index in [1.807, 2.05) is 62.0 Å². The molecule has 2 aromatic heterocycles. The molecule has 5 rings (SSSR count). The fourth-order valence-corrected chi connectivity index (χ4v) is 5.43.